The quantitative estimate of drug-likeness (QED) is 0.132. The summed E-state index contributed by atoms with van der Waals surface area (Å²) in [5.41, 5.74) is 3.08. The van der Waals surface area contributed by atoms with Gasteiger partial charge in [0.05, 0.1) is 22.5 Å². The van der Waals surface area contributed by atoms with Crippen LogP contribution in [0.1, 0.15) is 69.5 Å². The third kappa shape index (κ3) is 7.55. The number of nitrogens with one attached hydrogen (secondary N) is 2. The van der Waals surface area contributed by atoms with Gasteiger partial charge in [-0.1, -0.05) is 51.5 Å². The fourth-order valence-electron chi connectivity index (χ4n) is 7.19. The van der Waals surface area contributed by atoms with Crippen LogP contribution in [0.2, 0.25) is 0 Å². The molecule has 0 saturated carbocycles. The van der Waals surface area contributed by atoms with Gasteiger partial charge >= 0.3 is 0 Å². The number of ether oxygens (including phenoxy) is 1. The summed E-state index contributed by atoms with van der Waals surface area (Å²) in [6.45, 7) is 7.59. The number of nitrogens with zero attached hydrogens (tertiary/aromatic N) is 3. The molecule has 6 rings (SSSR count). The number of sulfone groups is 1. The summed E-state index contributed by atoms with van der Waals surface area (Å²) in [7, 11) is -1.92. The number of hydrogen-bond acceptors (Lipinski definition) is 7. The number of carbonyl (C=O) groups is 1. The molecule has 0 radical (unpaired) electrons. The van der Waals surface area contributed by atoms with Gasteiger partial charge in [0.1, 0.15) is 11.6 Å². The van der Waals surface area contributed by atoms with Crippen molar-refractivity contribution in [3.05, 3.63) is 94.9 Å². The number of benzene rings is 3. The number of H-pyrrole nitrogens is 1. The van der Waals surface area contributed by atoms with E-state index < -0.39 is 44.1 Å². The maximum absolute atomic E-state index is 15.7. The Labute approximate surface area is 296 Å². The highest BCUT2D eigenvalue weighted by atomic mass is 32.2. The molecule has 3 aromatic carbocycles. The first-order chi connectivity index (χ1) is 24.1. The number of fused-ring (bicyclic) bond motifs is 8. The van der Waals surface area contributed by atoms with Crippen molar-refractivity contribution in [1.29, 1.82) is 0 Å². The molecule has 2 aromatic heterocycles. The number of carbonyl (C=O) groups excluding carboxylic acids is 1. The second-order valence-electron chi connectivity index (χ2n) is 14.7. The first-order valence-electron chi connectivity index (χ1n) is 17.0. The van der Waals surface area contributed by atoms with Crippen LogP contribution >= 0.6 is 0 Å². The summed E-state index contributed by atoms with van der Waals surface area (Å²) in [6.07, 6.45) is 3.79. The van der Waals surface area contributed by atoms with Crippen LogP contribution in [0.15, 0.2) is 60.8 Å². The molecule has 1 aliphatic rings. The fourth-order valence-corrected chi connectivity index (χ4v) is 9.19. The zero-order valence-corrected chi connectivity index (χ0v) is 30.2. The molecule has 51 heavy (non-hydrogen) atoms. The van der Waals surface area contributed by atoms with Gasteiger partial charge in [-0.15, -0.1) is 0 Å². The lowest BCUT2D eigenvalue weighted by atomic mass is 9.75. The molecule has 1 unspecified atom stereocenters. The van der Waals surface area contributed by atoms with Crippen LogP contribution < -0.4 is 10.2 Å². The number of aromatic nitrogens is 4. The minimum atomic E-state index is -3.60. The number of aryl methyl sites for hydroxylation is 2. The van der Waals surface area contributed by atoms with Crippen molar-refractivity contribution < 1.29 is 31.9 Å². The number of hydrogen-bond donors (Lipinski definition) is 3. The maximum atomic E-state index is 15.7. The Morgan fingerprint density at radius 1 is 1.10 bits per heavy atom. The highest BCUT2D eigenvalue weighted by molar-refractivity contribution is 7.91. The summed E-state index contributed by atoms with van der Waals surface area (Å²) >= 11 is 0. The van der Waals surface area contributed by atoms with E-state index in [9.17, 15) is 13.2 Å². The Balaban J connectivity index is 1.49. The van der Waals surface area contributed by atoms with Crippen molar-refractivity contribution in [3.8, 4) is 22.9 Å². The predicted molar refractivity (Wildman–Crippen MR) is 190 cm³/mol. The molecule has 0 saturated heterocycles. The van der Waals surface area contributed by atoms with E-state index in [-0.39, 0.29) is 40.8 Å². The van der Waals surface area contributed by atoms with Crippen molar-refractivity contribution >= 4 is 26.6 Å². The van der Waals surface area contributed by atoms with Gasteiger partial charge in [0.25, 0.3) is 0 Å². The highest BCUT2D eigenvalue weighted by Crippen LogP contribution is 2.41. The summed E-state index contributed by atoms with van der Waals surface area (Å²) in [4.78, 5) is 20.0. The van der Waals surface area contributed by atoms with Crippen LogP contribution in [0.5, 0.6) is 11.5 Å². The summed E-state index contributed by atoms with van der Waals surface area (Å²) in [5, 5.41) is 14.6. The van der Waals surface area contributed by atoms with Gasteiger partial charge < -0.3 is 9.72 Å². The molecule has 3 heterocycles. The van der Waals surface area contributed by atoms with E-state index in [1.807, 2.05) is 45.0 Å². The van der Waals surface area contributed by atoms with E-state index in [4.69, 9.17) is 20.0 Å². The summed E-state index contributed by atoms with van der Waals surface area (Å²) in [6, 6.07) is 14.9. The van der Waals surface area contributed by atoms with E-state index in [2.05, 4.69) is 4.98 Å². The second kappa shape index (κ2) is 13.8. The van der Waals surface area contributed by atoms with Crippen LogP contribution in [0, 0.1) is 23.0 Å². The molecule has 10 nitrogen and oxygen atoms in total. The van der Waals surface area contributed by atoms with Crippen LogP contribution in [0.4, 0.5) is 8.78 Å². The molecular formula is C38H43F2N5O5S. The third-order valence-electron chi connectivity index (χ3n) is 9.99. The Hall–Kier alpha value is -4.62. The van der Waals surface area contributed by atoms with Gasteiger partial charge in [0, 0.05) is 41.7 Å². The van der Waals surface area contributed by atoms with Gasteiger partial charge in [-0.3, -0.25) is 10.0 Å². The molecule has 0 fully saturated rings. The smallest absolute Gasteiger partial charge is 0.246 e. The van der Waals surface area contributed by atoms with Crippen molar-refractivity contribution in [2.75, 3.05) is 11.5 Å². The van der Waals surface area contributed by atoms with E-state index in [1.54, 1.807) is 31.7 Å². The standard InChI is InChI=1S/C38H43F2N5O5S/c1-23(35(46)44-47)18-24-8-6-9-25(19-24)38(4)15-7-14-37(2,3)22-51(48,49)17-13-28-27-12-16-41-32(27)21-31(40)33(28)50-26-10-11-30(39)29(20-26)34-42-36(38)43-45(34)5/h6,8-12,16,19-21,23,41,47H,7,13-15,17-18,22H2,1-5H3,(H,44,46)/t23-,38?/m0/s1. The highest BCUT2D eigenvalue weighted by Gasteiger charge is 2.36. The number of hydroxylamine groups is 1. The minimum absolute atomic E-state index is 0.0214. The van der Waals surface area contributed by atoms with Gasteiger partial charge in [-0.25, -0.2) is 32.3 Å². The molecule has 5 aromatic rings. The van der Waals surface area contributed by atoms with E-state index in [0.717, 1.165) is 11.1 Å². The van der Waals surface area contributed by atoms with Crippen LogP contribution in [-0.4, -0.2) is 50.8 Å². The molecule has 1 amide bonds. The third-order valence-corrected chi connectivity index (χ3v) is 12.0. The van der Waals surface area contributed by atoms with Crippen LogP contribution in [-0.2, 0) is 39.9 Å². The molecule has 2 atom stereocenters. The molecule has 1 aliphatic heterocycles. The van der Waals surface area contributed by atoms with Gasteiger partial charge in [-0.05, 0) is 73.4 Å². The zero-order chi connectivity index (χ0) is 36.7. The molecule has 3 N–H and O–H groups in total. The number of halogens is 2. The monoisotopic (exact) mass is 719 g/mol. The zero-order valence-electron chi connectivity index (χ0n) is 29.4. The Morgan fingerprint density at radius 2 is 1.88 bits per heavy atom. The van der Waals surface area contributed by atoms with Gasteiger partial charge in [0.15, 0.2) is 33.1 Å². The number of aromatic amines is 1. The first-order valence-corrected chi connectivity index (χ1v) is 18.8. The topological polar surface area (TPSA) is 139 Å². The molecule has 0 spiro atoms. The fraction of sp³-hybridized carbons (Fsp3) is 0.395. The van der Waals surface area contributed by atoms with Crippen molar-refractivity contribution in [3.63, 3.8) is 0 Å². The summed E-state index contributed by atoms with van der Waals surface area (Å²) in [5.74, 6) is -1.80. The van der Waals surface area contributed by atoms with Crippen molar-refractivity contribution in [1.82, 2.24) is 25.2 Å². The molecule has 4 bridgehead atoms. The SMILES string of the molecule is C[C@@H](Cc1cccc(C2(C)CCCC(C)(C)CS(=O)(=O)CCc3c(c(F)cc4[nH]ccc34)Oc3ccc(F)c(c3)-c3nc2nn3C)c1)C(=O)NO. The van der Waals surface area contributed by atoms with Crippen LogP contribution in [0.25, 0.3) is 22.3 Å². The Bertz CT molecular complexity index is 2210. The van der Waals surface area contributed by atoms with Crippen LogP contribution in [0.3, 0.4) is 0 Å². The first kappa shape index (κ1) is 36.2. The number of rotatable bonds is 4. The molecular weight excluding hydrogens is 677 g/mol. The van der Waals surface area contributed by atoms with Crippen molar-refractivity contribution in [2.45, 2.75) is 65.2 Å². The second-order valence-corrected chi connectivity index (χ2v) is 16.9. The predicted octanol–water partition coefficient (Wildman–Crippen LogP) is 7.19. The van der Waals surface area contributed by atoms with E-state index in [1.165, 1.54) is 28.9 Å². The molecule has 270 valence electrons. The summed E-state index contributed by atoms with van der Waals surface area (Å²) < 4.78 is 66.2. The maximum Gasteiger partial charge on any atom is 0.246 e. The molecule has 13 heteroatoms. The van der Waals surface area contributed by atoms with E-state index in [0.29, 0.717) is 48.0 Å². The molecule has 0 aliphatic carbocycles. The lowest BCUT2D eigenvalue weighted by Crippen LogP contribution is -2.29. The lowest BCUT2D eigenvalue weighted by Gasteiger charge is -2.31. The van der Waals surface area contributed by atoms with Gasteiger partial charge in [0.2, 0.25) is 5.91 Å². The average Bonchev–Trinajstić information content (AvgIpc) is 3.70. The lowest BCUT2D eigenvalue weighted by molar-refractivity contribution is -0.132. The minimum Gasteiger partial charge on any atom is -0.454 e. The largest absolute Gasteiger partial charge is 0.454 e. The van der Waals surface area contributed by atoms with Gasteiger partial charge in [-0.2, -0.15) is 5.10 Å². The Kier molecular flexibility index (Phi) is 9.81. The average molecular weight is 720 g/mol. The van der Waals surface area contributed by atoms with Crippen molar-refractivity contribution in [2.24, 2.45) is 18.4 Å². The normalized spacial score (nSPS) is 19.7. The van der Waals surface area contributed by atoms with E-state index >= 15 is 8.78 Å². The number of amides is 1. The Morgan fingerprint density at radius 3 is 2.65 bits per heavy atom.